The van der Waals surface area contributed by atoms with Crippen molar-refractivity contribution in [2.24, 2.45) is 5.14 Å². The second-order valence-corrected chi connectivity index (χ2v) is 11.9. The monoisotopic (exact) mass is 524 g/mol. The Kier molecular flexibility index (Phi) is 8.01. The average Bonchev–Trinajstić information content (AvgIpc) is 3.34. The highest BCUT2D eigenvalue weighted by Crippen LogP contribution is 2.36. The van der Waals surface area contributed by atoms with E-state index in [2.05, 4.69) is 25.5 Å². The maximum Gasteiger partial charge on any atom is 0.238 e. The van der Waals surface area contributed by atoms with E-state index in [1.807, 2.05) is 58.0 Å². The van der Waals surface area contributed by atoms with Crippen LogP contribution in [0.25, 0.3) is 0 Å². The molecule has 10 heteroatoms. The number of nitrogens with zero attached hydrogens (tertiary/aromatic N) is 3. The number of anilines is 4. The molecule has 1 aliphatic heterocycles. The summed E-state index contributed by atoms with van der Waals surface area (Å²) in [5.74, 6) is 1.80. The third kappa shape index (κ3) is 6.97. The van der Waals surface area contributed by atoms with Crippen LogP contribution in [-0.2, 0) is 15.4 Å². The number of ether oxygens (including phenoxy) is 1. The van der Waals surface area contributed by atoms with Gasteiger partial charge in [0.1, 0.15) is 18.2 Å². The van der Waals surface area contributed by atoms with Crippen LogP contribution in [0.3, 0.4) is 0 Å². The van der Waals surface area contributed by atoms with Gasteiger partial charge in [-0.1, -0.05) is 26.8 Å². The summed E-state index contributed by atoms with van der Waals surface area (Å²) < 4.78 is 30.4. The van der Waals surface area contributed by atoms with E-state index in [1.165, 1.54) is 18.9 Å². The molecule has 1 aliphatic rings. The summed E-state index contributed by atoms with van der Waals surface area (Å²) in [7, 11) is -3.90. The Morgan fingerprint density at radius 3 is 2.41 bits per heavy atom. The smallest absolute Gasteiger partial charge is 0.238 e. The zero-order valence-corrected chi connectivity index (χ0v) is 22.7. The van der Waals surface area contributed by atoms with Crippen molar-refractivity contribution in [3.05, 3.63) is 59.8 Å². The van der Waals surface area contributed by atoms with E-state index in [-0.39, 0.29) is 4.90 Å². The third-order valence-corrected chi connectivity index (χ3v) is 7.25. The number of sulfonamides is 1. The highest BCUT2D eigenvalue weighted by molar-refractivity contribution is 7.89. The number of primary sulfonamides is 1. The molecule has 2 aromatic carbocycles. The van der Waals surface area contributed by atoms with Gasteiger partial charge in [-0.15, -0.1) is 0 Å². The molecule has 198 valence electrons. The van der Waals surface area contributed by atoms with Gasteiger partial charge in [-0.2, -0.15) is 4.98 Å². The van der Waals surface area contributed by atoms with Crippen molar-refractivity contribution in [3.8, 4) is 5.75 Å². The predicted molar refractivity (Wildman–Crippen MR) is 147 cm³/mol. The van der Waals surface area contributed by atoms with Crippen molar-refractivity contribution in [1.29, 1.82) is 0 Å². The molecule has 0 radical (unpaired) electrons. The summed E-state index contributed by atoms with van der Waals surface area (Å²) in [5.41, 5.74) is 2.39. The van der Waals surface area contributed by atoms with Crippen LogP contribution in [0.5, 0.6) is 5.75 Å². The van der Waals surface area contributed by atoms with Crippen LogP contribution >= 0.6 is 0 Å². The third-order valence-electron chi connectivity index (χ3n) is 6.29. The summed E-state index contributed by atoms with van der Waals surface area (Å²) in [6, 6.07) is 12.7. The fraction of sp³-hybridized carbons (Fsp3) is 0.407. The second-order valence-electron chi connectivity index (χ2n) is 10.4. The van der Waals surface area contributed by atoms with Crippen LogP contribution < -0.4 is 20.5 Å². The molecule has 3 aromatic rings. The molecule has 37 heavy (non-hydrogen) atoms. The normalized spacial score (nSPS) is 14.5. The minimum Gasteiger partial charge on any atom is -0.492 e. The molecular formula is C27H36N6O3S. The largest absolute Gasteiger partial charge is 0.492 e. The lowest BCUT2D eigenvalue weighted by Gasteiger charge is -2.26. The molecule has 4 rings (SSSR count). The van der Waals surface area contributed by atoms with E-state index in [4.69, 9.17) is 9.88 Å². The number of nitrogens with two attached hydrogens (primary N) is 1. The van der Waals surface area contributed by atoms with Gasteiger partial charge in [0.25, 0.3) is 0 Å². The second kappa shape index (κ2) is 11.0. The van der Waals surface area contributed by atoms with Gasteiger partial charge in [-0.05, 0) is 74.7 Å². The molecule has 0 atom stereocenters. The molecule has 1 aromatic heterocycles. The Balaban J connectivity index is 1.48. The van der Waals surface area contributed by atoms with E-state index in [9.17, 15) is 8.42 Å². The molecule has 0 spiro atoms. The summed E-state index contributed by atoms with van der Waals surface area (Å²) in [6.45, 7) is 11.7. The fourth-order valence-electron chi connectivity index (χ4n) is 4.46. The van der Waals surface area contributed by atoms with Gasteiger partial charge in [0.2, 0.25) is 16.0 Å². The van der Waals surface area contributed by atoms with Gasteiger partial charge in [0.15, 0.2) is 0 Å². The summed E-state index contributed by atoms with van der Waals surface area (Å²) in [6.07, 6.45) is 4.27. The van der Waals surface area contributed by atoms with Crippen LogP contribution in [-0.4, -0.2) is 49.5 Å². The van der Waals surface area contributed by atoms with Gasteiger partial charge < -0.3 is 15.4 Å². The molecule has 0 bridgehead atoms. The first-order valence-electron chi connectivity index (χ1n) is 12.5. The Morgan fingerprint density at radius 2 is 1.76 bits per heavy atom. The van der Waals surface area contributed by atoms with Gasteiger partial charge in [0, 0.05) is 35.2 Å². The van der Waals surface area contributed by atoms with Crippen molar-refractivity contribution in [3.63, 3.8) is 0 Å². The van der Waals surface area contributed by atoms with Crippen molar-refractivity contribution in [2.45, 2.75) is 50.8 Å². The number of aryl methyl sites for hydroxylation is 1. The van der Waals surface area contributed by atoms with Crippen LogP contribution in [0.1, 0.15) is 44.7 Å². The van der Waals surface area contributed by atoms with Crippen LogP contribution in [0.2, 0.25) is 0 Å². The number of likely N-dealkylation sites (tertiary alicyclic amines) is 1. The standard InChI is InChI=1S/C27H36N6O3S/c1-19-18-29-26(30-20-10-12-21(13-11-20)36-17-16-33-14-5-6-15-33)32-25(19)31-22-8-7-9-23(37(28,34)35)24(22)27(2,3)4/h7-13,18H,5-6,14-17H2,1-4H3,(H2,28,34,35)(H2,29,30,31,32). The molecule has 1 saturated heterocycles. The molecule has 2 heterocycles. The Morgan fingerprint density at radius 1 is 1.05 bits per heavy atom. The Hall–Kier alpha value is -3.21. The van der Waals surface area contributed by atoms with E-state index < -0.39 is 15.4 Å². The van der Waals surface area contributed by atoms with Crippen molar-refractivity contribution in [2.75, 3.05) is 36.9 Å². The molecule has 0 aliphatic carbocycles. The van der Waals surface area contributed by atoms with Gasteiger partial charge in [-0.3, -0.25) is 4.90 Å². The topological polar surface area (TPSA) is 122 Å². The first kappa shape index (κ1) is 26.8. The quantitative estimate of drug-likeness (QED) is 0.368. The average molecular weight is 525 g/mol. The maximum absolute atomic E-state index is 12.3. The van der Waals surface area contributed by atoms with E-state index >= 15 is 0 Å². The molecule has 1 fully saturated rings. The minimum atomic E-state index is -3.90. The van der Waals surface area contributed by atoms with Crippen molar-refractivity contribution in [1.82, 2.24) is 14.9 Å². The SMILES string of the molecule is Cc1cnc(Nc2ccc(OCCN3CCCC3)cc2)nc1Nc1cccc(S(N)(=O)=O)c1C(C)(C)C. The summed E-state index contributed by atoms with van der Waals surface area (Å²) >= 11 is 0. The van der Waals surface area contributed by atoms with Crippen molar-refractivity contribution < 1.29 is 13.2 Å². The van der Waals surface area contributed by atoms with Crippen molar-refractivity contribution >= 4 is 33.2 Å². The molecule has 0 saturated carbocycles. The Labute approximate surface area is 219 Å². The summed E-state index contributed by atoms with van der Waals surface area (Å²) in [5, 5.41) is 12.1. The maximum atomic E-state index is 12.3. The van der Waals surface area contributed by atoms with Gasteiger partial charge in [-0.25, -0.2) is 18.5 Å². The van der Waals surface area contributed by atoms with E-state index in [1.54, 1.807) is 12.3 Å². The highest BCUT2D eigenvalue weighted by atomic mass is 32.2. The van der Waals surface area contributed by atoms with E-state index in [0.29, 0.717) is 29.6 Å². The van der Waals surface area contributed by atoms with Crippen LogP contribution in [0.4, 0.5) is 23.1 Å². The number of nitrogens with one attached hydrogen (secondary N) is 2. The van der Waals surface area contributed by atoms with E-state index in [0.717, 1.165) is 36.6 Å². The molecular weight excluding hydrogens is 488 g/mol. The minimum absolute atomic E-state index is 0.0952. The molecule has 9 nitrogen and oxygen atoms in total. The first-order chi connectivity index (χ1) is 17.5. The lowest BCUT2D eigenvalue weighted by molar-refractivity contribution is 0.238. The van der Waals surface area contributed by atoms with Crippen LogP contribution in [0.15, 0.2) is 53.6 Å². The molecule has 0 amide bonds. The number of benzene rings is 2. The van der Waals surface area contributed by atoms with Crippen LogP contribution in [0, 0.1) is 6.92 Å². The number of aromatic nitrogens is 2. The lowest BCUT2D eigenvalue weighted by atomic mass is 9.85. The summed E-state index contributed by atoms with van der Waals surface area (Å²) in [4.78, 5) is 11.6. The fourth-order valence-corrected chi connectivity index (χ4v) is 5.43. The highest BCUT2D eigenvalue weighted by Gasteiger charge is 2.27. The predicted octanol–water partition coefficient (Wildman–Crippen LogP) is 4.69. The number of hydrogen-bond acceptors (Lipinski definition) is 8. The molecule has 0 unspecified atom stereocenters. The first-order valence-corrected chi connectivity index (χ1v) is 14.0. The zero-order chi connectivity index (χ0) is 26.6. The van der Waals surface area contributed by atoms with Gasteiger partial charge in [0.05, 0.1) is 4.90 Å². The number of hydrogen-bond donors (Lipinski definition) is 3. The molecule has 4 N–H and O–H groups in total. The lowest BCUT2D eigenvalue weighted by Crippen LogP contribution is -2.25. The number of rotatable bonds is 9. The zero-order valence-electron chi connectivity index (χ0n) is 21.9. The Bertz CT molecular complexity index is 1330. The van der Waals surface area contributed by atoms with Gasteiger partial charge >= 0.3 is 0 Å².